The van der Waals surface area contributed by atoms with Gasteiger partial charge in [0, 0.05) is 32.1 Å². The van der Waals surface area contributed by atoms with Crippen molar-refractivity contribution in [3.8, 4) is 5.75 Å². The molecule has 0 unspecified atom stereocenters. The molecule has 1 aromatic carbocycles. The van der Waals surface area contributed by atoms with Crippen molar-refractivity contribution in [2.24, 2.45) is 10.7 Å². The lowest BCUT2D eigenvalue weighted by atomic mass is 10.1. The lowest BCUT2D eigenvalue weighted by Crippen LogP contribution is -2.48. The molecule has 25 heavy (non-hydrogen) atoms. The molecule has 3 N–H and O–H groups in total. The van der Waals surface area contributed by atoms with Crippen molar-refractivity contribution >= 4 is 12.1 Å². The number of hydrogen-bond acceptors (Lipinski definition) is 4. The fraction of sp³-hybridized carbons (Fsp3) is 0.556. The van der Waals surface area contributed by atoms with Crippen LogP contribution >= 0.6 is 0 Å². The number of amides is 1. The number of piperidine rings is 1. The van der Waals surface area contributed by atoms with Gasteiger partial charge in [-0.05, 0) is 31.9 Å². The number of guanidine groups is 1. The maximum Gasteiger partial charge on any atom is 0.409 e. The van der Waals surface area contributed by atoms with Crippen LogP contribution in [0.4, 0.5) is 4.79 Å². The van der Waals surface area contributed by atoms with Gasteiger partial charge in [0.25, 0.3) is 0 Å². The van der Waals surface area contributed by atoms with Crippen LogP contribution in [0, 0.1) is 0 Å². The summed E-state index contributed by atoms with van der Waals surface area (Å²) in [5.41, 5.74) is 5.93. The minimum absolute atomic E-state index is 0.235. The zero-order chi connectivity index (χ0) is 17.9. The van der Waals surface area contributed by atoms with Gasteiger partial charge < -0.3 is 25.4 Å². The molecule has 7 nitrogen and oxygen atoms in total. The van der Waals surface area contributed by atoms with Crippen molar-refractivity contribution in [2.45, 2.75) is 32.2 Å². The molecule has 0 bridgehead atoms. The second-order valence-corrected chi connectivity index (χ2v) is 5.89. The largest absolute Gasteiger partial charge is 0.494 e. The Morgan fingerprint density at radius 3 is 2.72 bits per heavy atom. The number of carbonyl (C=O) groups is 1. The Balaban J connectivity index is 1.59. The zero-order valence-electron chi connectivity index (χ0n) is 14.8. The summed E-state index contributed by atoms with van der Waals surface area (Å²) in [4.78, 5) is 17.7. The number of aliphatic imine (C=N–C) groups is 1. The van der Waals surface area contributed by atoms with Gasteiger partial charge in [-0.25, -0.2) is 4.79 Å². The highest BCUT2D eigenvalue weighted by Gasteiger charge is 2.23. The van der Waals surface area contributed by atoms with Crippen LogP contribution in [0.3, 0.4) is 0 Å². The fourth-order valence-corrected chi connectivity index (χ4v) is 2.65. The van der Waals surface area contributed by atoms with Crippen LogP contribution in [0.1, 0.15) is 26.2 Å². The number of para-hydroxylation sites is 1. The Bertz CT molecular complexity index is 543. The first kappa shape index (κ1) is 18.9. The average Bonchev–Trinajstić information content (AvgIpc) is 2.63. The highest BCUT2D eigenvalue weighted by molar-refractivity contribution is 5.78. The van der Waals surface area contributed by atoms with E-state index in [1.54, 1.807) is 4.90 Å². The molecule has 0 aromatic heterocycles. The topological polar surface area (TPSA) is 89.2 Å². The Morgan fingerprint density at radius 2 is 2.04 bits per heavy atom. The SMILES string of the molecule is CCOC(=O)N1CCC(NC(N)=NCCCOc2ccccc2)CC1. The van der Waals surface area contributed by atoms with Gasteiger partial charge >= 0.3 is 6.09 Å². The Morgan fingerprint density at radius 1 is 1.32 bits per heavy atom. The second-order valence-electron chi connectivity index (χ2n) is 5.89. The summed E-state index contributed by atoms with van der Waals surface area (Å²) in [6.07, 6.45) is 2.25. The molecule has 138 valence electrons. The molecule has 1 amide bonds. The molecule has 1 aliphatic heterocycles. The van der Waals surface area contributed by atoms with Gasteiger partial charge in [0.2, 0.25) is 0 Å². The minimum atomic E-state index is -0.235. The Kier molecular flexibility index (Phi) is 7.88. The van der Waals surface area contributed by atoms with Crippen LogP contribution in [0.25, 0.3) is 0 Å². The molecule has 0 radical (unpaired) electrons. The van der Waals surface area contributed by atoms with E-state index in [4.69, 9.17) is 15.2 Å². The lowest BCUT2D eigenvalue weighted by molar-refractivity contribution is 0.0963. The van der Waals surface area contributed by atoms with Crippen LogP contribution in [0.15, 0.2) is 35.3 Å². The molecule has 2 rings (SSSR count). The van der Waals surface area contributed by atoms with E-state index < -0.39 is 0 Å². The first-order valence-corrected chi connectivity index (χ1v) is 8.85. The molecular formula is C18H28N4O3. The molecule has 1 fully saturated rings. The first-order valence-electron chi connectivity index (χ1n) is 8.85. The van der Waals surface area contributed by atoms with Gasteiger partial charge in [0.1, 0.15) is 5.75 Å². The number of hydrogen-bond donors (Lipinski definition) is 2. The van der Waals surface area contributed by atoms with E-state index in [1.807, 2.05) is 37.3 Å². The zero-order valence-corrected chi connectivity index (χ0v) is 14.8. The monoisotopic (exact) mass is 348 g/mol. The fourth-order valence-electron chi connectivity index (χ4n) is 2.65. The van der Waals surface area contributed by atoms with Crippen LogP contribution in [0.2, 0.25) is 0 Å². The predicted molar refractivity (Wildman–Crippen MR) is 97.8 cm³/mol. The van der Waals surface area contributed by atoms with E-state index in [2.05, 4.69) is 10.3 Å². The molecule has 1 aromatic rings. The van der Waals surface area contributed by atoms with Crippen molar-refractivity contribution in [1.29, 1.82) is 0 Å². The van der Waals surface area contributed by atoms with Crippen LogP contribution in [-0.2, 0) is 4.74 Å². The van der Waals surface area contributed by atoms with E-state index in [0.717, 1.165) is 25.0 Å². The molecule has 1 aliphatic rings. The summed E-state index contributed by atoms with van der Waals surface area (Å²) in [6, 6.07) is 9.96. The van der Waals surface area contributed by atoms with Gasteiger partial charge in [-0.1, -0.05) is 18.2 Å². The number of nitrogens with two attached hydrogens (primary N) is 1. The van der Waals surface area contributed by atoms with E-state index in [9.17, 15) is 4.79 Å². The maximum atomic E-state index is 11.7. The summed E-state index contributed by atoms with van der Waals surface area (Å²) >= 11 is 0. The molecular weight excluding hydrogens is 320 g/mol. The standard InChI is InChI=1S/C18H28N4O3/c1-2-24-18(23)22-12-9-15(10-13-22)21-17(19)20-11-6-14-25-16-7-4-3-5-8-16/h3-5,7-8,15H,2,6,9-14H2,1H3,(H3,19,20,21). The Hall–Kier alpha value is -2.44. The maximum absolute atomic E-state index is 11.7. The molecule has 1 saturated heterocycles. The van der Waals surface area contributed by atoms with Gasteiger partial charge in [-0.15, -0.1) is 0 Å². The summed E-state index contributed by atoms with van der Waals surface area (Å²) in [7, 11) is 0. The number of carbonyl (C=O) groups excluding carboxylic acids is 1. The summed E-state index contributed by atoms with van der Waals surface area (Å²) in [6.45, 7) is 4.80. The van der Waals surface area contributed by atoms with Gasteiger partial charge in [-0.3, -0.25) is 4.99 Å². The van der Waals surface area contributed by atoms with E-state index in [-0.39, 0.29) is 12.1 Å². The quantitative estimate of drug-likeness (QED) is 0.447. The smallest absolute Gasteiger partial charge is 0.409 e. The summed E-state index contributed by atoms with van der Waals surface area (Å²) in [5.74, 6) is 1.32. The third kappa shape index (κ3) is 6.91. The van der Waals surface area contributed by atoms with Crippen LogP contribution in [0.5, 0.6) is 5.75 Å². The third-order valence-electron chi connectivity index (χ3n) is 3.97. The van der Waals surface area contributed by atoms with Crippen LogP contribution < -0.4 is 15.8 Å². The van der Waals surface area contributed by atoms with Crippen molar-refractivity contribution < 1.29 is 14.3 Å². The first-order chi connectivity index (χ1) is 12.2. The number of benzene rings is 1. The second kappa shape index (κ2) is 10.4. The average molecular weight is 348 g/mol. The van der Waals surface area contributed by atoms with Gasteiger partial charge in [-0.2, -0.15) is 0 Å². The summed E-state index contributed by atoms with van der Waals surface area (Å²) < 4.78 is 10.6. The number of ether oxygens (including phenoxy) is 2. The molecule has 0 atom stereocenters. The highest BCUT2D eigenvalue weighted by atomic mass is 16.6. The van der Waals surface area contributed by atoms with Crippen molar-refractivity contribution in [3.63, 3.8) is 0 Å². The van der Waals surface area contributed by atoms with Crippen molar-refractivity contribution in [2.75, 3.05) is 32.8 Å². The predicted octanol–water partition coefficient (Wildman–Crippen LogP) is 1.98. The normalized spacial score (nSPS) is 15.7. The Labute approximate surface area is 149 Å². The lowest BCUT2D eigenvalue weighted by Gasteiger charge is -2.31. The third-order valence-corrected chi connectivity index (χ3v) is 3.97. The highest BCUT2D eigenvalue weighted by Crippen LogP contribution is 2.11. The van der Waals surface area contributed by atoms with Gasteiger partial charge in [0.05, 0.1) is 13.2 Å². The van der Waals surface area contributed by atoms with E-state index in [0.29, 0.717) is 38.8 Å². The summed E-state index contributed by atoms with van der Waals surface area (Å²) in [5, 5.41) is 3.23. The molecule has 1 heterocycles. The van der Waals surface area contributed by atoms with Crippen molar-refractivity contribution in [3.05, 3.63) is 30.3 Å². The number of nitrogens with one attached hydrogen (secondary N) is 1. The van der Waals surface area contributed by atoms with Gasteiger partial charge in [0.15, 0.2) is 5.96 Å². The molecule has 7 heteroatoms. The molecule has 0 saturated carbocycles. The molecule has 0 spiro atoms. The number of nitrogens with zero attached hydrogens (tertiary/aromatic N) is 2. The molecule has 0 aliphatic carbocycles. The van der Waals surface area contributed by atoms with Crippen molar-refractivity contribution in [1.82, 2.24) is 10.2 Å². The van der Waals surface area contributed by atoms with Crippen LogP contribution in [-0.4, -0.2) is 55.8 Å². The van der Waals surface area contributed by atoms with E-state index in [1.165, 1.54) is 0 Å². The van der Waals surface area contributed by atoms with E-state index >= 15 is 0 Å². The number of rotatable bonds is 7. The minimum Gasteiger partial charge on any atom is -0.494 e. The number of likely N-dealkylation sites (tertiary alicyclic amines) is 1.